The van der Waals surface area contributed by atoms with Crippen LogP contribution in [0.15, 0.2) is 71.8 Å². The van der Waals surface area contributed by atoms with Crippen LogP contribution >= 0.6 is 0 Å². The van der Waals surface area contributed by atoms with Gasteiger partial charge in [-0.05, 0) is 55.7 Å². The van der Waals surface area contributed by atoms with Gasteiger partial charge in [-0.2, -0.15) is 13.2 Å². The van der Waals surface area contributed by atoms with Gasteiger partial charge in [0.25, 0.3) is 0 Å². The number of hydrogen-bond acceptors (Lipinski definition) is 3. The predicted molar refractivity (Wildman–Crippen MR) is 123 cm³/mol. The van der Waals surface area contributed by atoms with Gasteiger partial charge in [0.05, 0.1) is 27.1 Å². The third-order valence-corrected chi connectivity index (χ3v) is 7.83. The molecule has 2 aromatic heterocycles. The lowest BCUT2D eigenvalue weighted by Gasteiger charge is -2.10. The fraction of sp³-hybridized carbons (Fsp3) is 0.240. The van der Waals surface area contributed by atoms with Gasteiger partial charge in [-0.1, -0.05) is 43.3 Å². The van der Waals surface area contributed by atoms with E-state index in [0.717, 1.165) is 22.8 Å². The number of benzene rings is 2. The molecule has 0 N–H and O–H groups in total. The van der Waals surface area contributed by atoms with E-state index in [1.807, 2.05) is 31.2 Å². The summed E-state index contributed by atoms with van der Waals surface area (Å²) in [6.45, 7) is 5.15. The average molecular weight is 473 g/mol. The lowest BCUT2D eigenvalue weighted by Crippen LogP contribution is -2.13. The zero-order chi connectivity index (χ0) is 24.0. The summed E-state index contributed by atoms with van der Waals surface area (Å²) in [4.78, 5) is 4.56. The van der Waals surface area contributed by atoms with Crippen molar-refractivity contribution in [3.63, 3.8) is 0 Å². The van der Waals surface area contributed by atoms with E-state index in [4.69, 9.17) is 0 Å². The minimum absolute atomic E-state index is 0.108. The van der Waals surface area contributed by atoms with Gasteiger partial charge in [0.2, 0.25) is 0 Å². The van der Waals surface area contributed by atoms with Gasteiger partial charge in [-0.25, -0.2) is 13.4 Å². The number of fused-ring (bicyclic) bond motifs is 1. The molecule has 0 amide bonds. The smallest absolute Gasteiger partial charge is 0.299 e. The third kappa shape index (κ3) is 4.15. The van der Waals surface area contributed by atoms with Crippen molar-refractivity contribution in [1.29, 1.82) is 0 Å². The third-order valence-electron chi connectivity index (χ3n) is 5.66. The quantitative estimate of drug-likeness (QED) is 0.336. The largest absolute Gasteiger partial charge is 0.419 e. The van der Waals surface area contributed by atoms with Gasteiger partial charge >= 0.3 is 6.18 Å². The van der Waals surface area contributed by atoms with Crippen molar-refractivity contribution in [2.24, 2.45) is 0 Å². The Kier molecular flexibility index (Phi) is 5.82. The van der Waals surface area contributed by atoms with Crippen LogP contribution in [-0.2, 0) is 22.4 Å². The van der Waals surface area contributed by atoms with Crippen LogP contribution in [0.5, 0.6) is 0 Å². The Morgan fingerprint density at radius 1 is 0.909 bits per heavy atom. The van der Waals surface area contributed by atoms with Crippen LogP contribution in [0.2, 0.25) is 0 Å². The summed E-state index contributed by atoms with van der Waals surface area (Å²) in [7, 11) is -3.34. The highest BCUT2D eigenvalue weighted by Gasteiger charge is 2.34. The normalized spacial score (nSPS) is 12.6. The van der Waals surface area contributed by atoms with Crippen molar-refractivity contribution < 1.29 is 21.6 Å². The predicted octanol–water partition coefficient (Wildman–Crippen LogP) is 6.43. The van der Waals surface area contributed by atoms with Gasteiger partial charge < -0.3 is 0 Å². The number of aryl methyl sites for hydroxylation is 1. The molecule has 2 heterocycles. The molecule has 0 atom stereocenters. The summed E-state index contributed by atoms with van der Waals surface area (Å²) in [5.74, 6) is 0. The molecular weight excluding hydrogens is 449 g/mol. The summed E-state index contributed by atoms with van der Waals surface area (Å²) in [6.07, 6.45) is -2.41. The molecule has 0 saturated heterocycles. The summed E-state index contributed by atoms with van der Waals surface area (Å²) >= 11 is 0. The number of pyridine rings is 1. The fourth-order valence-corrected chi connectivity index (χ4v) is 4.88. The SMILES string of the molecule is CCc1nc2c(C(F)(F)F)cccn2c1-c1ccc(-c2ccc(S(=O)(=O)C(C)C)cc2)cc1. The molecular formula is C25H23F3N2O2S. The van der Waals surface area contributed by atoms with Crippen molar-refractivity contribution >= 4 is 15.5 Å². The van der Waals surface area contributed by atoms with Crippen LogP contribution in [0.25, 0.3) is 28.0 Å². The molecule has 0 aliphatic rings. The maximum Gasteiger partial charge on any atom is 0.419 e. The first-order chi connectivity index (χ1) is 15.5. The minimum Gasteiger partial charge on any atom is -0.299 e. The summed E-state index contributed by atoms with van der Waals surface area (Å²) in [5.41, 5.74) is 2.81. The molecule has 172 valence electrons. The zero-order valence-electron chi connectivity index (χ0n) is 18.4. The van der Waals surface area contributed by atoms with Crippen LogP contribution in [0.3, 0.4) is 0 Å². The van der Waals surface area contributed by atoms with E-state index in [0.29, 0.717) is 17.8 Å². The number of rotatable bonds is 5. The molecule has 0 aliphatic heterocycles. The Labute approximate surface area is 190 Å². The highest BCUT2D eigenvalue weighted by Crippen LogP contribution is 2.35. The molecule has 33 heavy (non-hydrogen) atoms. The maximum atomic E-state index is 13.5. The van der Waals surface area contributed by atoms with Crippen LogP contribution in [-0.4, -0.2) is 23.1 Å². The summed E-state index contributed by atoms with van der Waals surface area (Å²) in [5, 5.41) is -0.501. The zero-order valence-corrected chi connectivity index (χ0v) is 19.2. The van der Waals surface area contributed by atoms with Crippen molar-refractivity contribution in [3.8, 4) is 22.4 Å². The van der Waals surface area contributed by atoms with Crippen LogP contribution in [0, 0.1) is 0 Å². The second-order valence-corrected chi connectivity index (χ2v) is 10.6. The molecule has 4 nitrogen and oxygen atoms in total. The van der Waals surface area contributed by atoms with Crippen LogP contribution < -0.4 is 0 Å². The second kappa shape index (κ2) is 8.33. The first kappa shape index (κ1) is 23.0. The van der Waals surface area contributed by atoms with Crippen molar-refractivity contribution in [2.45, 2.75) is 43.5 Å². The molecule has 4 rings (SSSR count). The molecule has 2 aromatic carbocycles. The van der Waals surface area contributed by atoms with Gasteiger partial charge in [-0.3, -0.25) is 4.40 Å². The van der Waals surface area contributed by atoms with E-state index < -0.39 is 26.8 Å². The van der Waals surface area contributed by atoms with Crippen molar-refractivity contribution in [1.82, 2.24) is 9.38 Å². The first-order valence-electron chi connectivity index (χ1n) is 10.6. The molecule has 8 heteroatoms. The van der Waals surface area contributed by atoms with E-state index in [9.17, 15) is 21.6 Å². The van der Waals surface area contributed by atoms with E-state index >= 15 is 0 Å². The lowest BCUT2D eigenvalue weighted by molar-refractivity contribution is -0.136. The van der Waals surface area contributed by atoms with E-state index in [2.05, 4.69) is 4.98 Å². The maximum absolute atomic E-state index is 13.5. The first-order valence-corrected chi connectivity index (χ1v) is 12.1. The molecule has 0 bridgehead atoms. The second-order valence-electron chi connectivity index (χ2n) is 8.07. The topological polar surface area (TPSA) is 51.4 Å². The standard InChI is InChI=1S/C25H23F3N2O2S/c1-4-22-23(30-15-5-6-21(24(30)29-22)25(26,27)28)19-9-7-17(8-10-19)18-11-13-20(14-12-18)33(31,32)16(2)3/h5-16H,4H2,1-3H3. The van der Waals surface area contributed by atoms with Gasteiger partial charge in [0.15, 0.2) is 9.84 Å². The van der Waals surface area contributed by atoms with E-state index in [-0.39, 0.29) is 10.5 Å². The Morgan fingerprint density at radius 2 is 1.45 bits per heavy atom. The van der Waals surface area contributed by atoms with Crippen LogP contribution in [0.4, 0.5) is 13.2 Å². The highest BCUT2D eigenvalue weighted by atomic mass is 32.2. The van der Waals surface area contributed by atoms with E-state index in [1.54, 1.807) is 44.3 Å². The molecule has 4 aromatic rings. The number of aromatic nitrogens is 2. The Balaban J connectivity index is 1.74. The fourth-order valence-electron chi connectivity index (χ4n) is 3.82. The summed E-state index contributed by atoms with van der Waals surface area (Å²) in [6, 6.07) is 16.5. The molecule has 0 spiro atoms. The van der Waals surface area contributed by atoms with E-state index in [1.165, 1.54) is 10.5 Å². The van der Waals surface area contributed by atoms with Crippen LogP contribution in [0.1, 0.15) is 32.0 Å². The lowest BCUT2D eigenvalue weighted by atomic mass is 10.0. The minimum atomic E-state index is -4.49. The number of alkyl halides is 3. The molecule has 0 fully saturated rings. The number of sulfone groups is 1. The number of halogens is 3. The van der Waals surface area contributed by atoms with Crippen molar-refractivity contribution in [2.75, 3.05) is 0 Å². The van der Waals surface area contributed by atoms with Gasteiger partial charge in [0.1, 0.15) is 5.65 Å². The van der Waals surface area contributed by atoms with Gasteiger partial charge in [0, 0.05) is 11.8 Å². The number of hydrogen-bond donors (Lipinski definition) is 0. The Hall–Kier alpha value is -3.13. The Morgan fingerprint density at radius 3 is 1.97 bits per heavy atom. The highest BCUT2D eigenvalue weighted by molar-refractivity contribution is 7.92. The molecule has 0 radical (unpaired) electrons. The number of nitrogens with zero attached hydrogens (tertiary/aromatic N) is 2. The number of imidazole rings is 1. The van der Waals surface area contributed by atoms with Gasteiger partial charge in [-0.15, -0.1) is 0 Å². The van der Waals surface area contributed by atoms with Crippen molar-refractivity contribution in [3.05, 3.63) is 78.1 Å². The molecule has 0 unspecified atom stereocenters. The summed E-state index contributed by atoms with van der Waals surface area (Å²) < 4.78 is 66.5. The monoisotopic (exact) mass is 472 g/mol. The average Bonchev–Trinajstić information content (AvgIpc) is 3.17. The molecule has 0 aliphatic carbocycles. The molecule has 0 saturated carbocycles. The Bertz CT molecular complexity index is 1400.